The molecule has 1 aliphatic carbocycles. The van der Waals surface area contributed by atoms with Gasteiger partial charge >= 0.3 is 0 Å². The summed E-state index contributed by atoms with van der Waals surface area (Å²) in [5.74, 6) is -0.417. The number of carbonyl (C=O) groups excluding carboxylic acids is 1. The van der Waals surface area contributed by atoms with Crippen LogP contribution in [0.1, 0.15) is 36.4 Å². The van der Waals surface area contributed by atoms with Crippen LogP contribution in [0, 0.1) is 0 Å². The third-order valence-electron chi connectivity index (χ3n) is 3.50. The molecule has 0 radical (unpaired) electrons. The van der Waals surface area contributed by atoms with Crippen LogP contribution >= 0.6 is 0 Å². The van der Waals surface area contributed by atoms with Gasteiger partial charge in [-0.1, -0.05) is 30.7 Å². The molecular weight excluding hydrogens is 240 g/mol. The fourth-order valence-electron chi connectivity index (χ4n) is 2.61. The zero-order valence-corrected chi connectivity index (χ0v) is 11.2. The second-order valence-electron chi connectivity index (χ2n) is 4.97. The largest absolute Gasteiger partial charge is 0.370 e. The van der Waals surface area contributed by atoms with Gasteiger partial charge in [0.15, 0.2) is 0 Å². The first kappa shape index (κ1) is 14.0. The van der Waals surface area contributed by atoms with E-state index in [4.69, 9.17) is 10.5 Å². The topological polar surface area (TPSA) is 64.4 Å². The van der Waals surface area contributed by atoms with E-state index in [2.05, 4.69) is 29.6 Å². The number of nitrogens with two attached hydrogens (primary N) is 1. The van der Waals surface area contributed by atoms with Crippen molar-refractivity contribution in [3.05, 3.63) is 35.4 Å². The number of hydrogen-bond donors (Lipinski definition) is 2. The van der Waals surface area contributed by atoms with Crippen LogP contribution in [-0.4, -0.2) is 25.7 Å². The minimum absolute atomic E-state index is 0.00291. The zero-order valence-electron chi connectivity index (χ0n) is 11.2. The second kappa shape index (κ2) is 7.26. The Bertz CT molecular complexity index is 420. The number of amides is 1. The van der Waals surface area contributed by atoms with E-state index in [-0.39, 0.29) is 6.61 Å². The molecule has 104 valence electrons. The molecule has 1 aromatic carbocycles. The first-order valence-electron chi connectivity index (χ1n) is 6.94. The molecule has 3 N–H and O–H groups in total. The van der Waals surface area contributed by atoms with Crippen LogP contribution in [0.4, 0.5) is 0 Å². The monoisotopic (exact) mass is 262 g/mol. The molecule has 0 bridgehead atoms. The molecule has 0 aromatic heterocycles. The number of hydrogen-bond acceptors (Lipinski definition) is 3. The summed E-state index contributed by atoms with van der Waals surface area (Å²) in [6.45, 7) is 1.26. The molecule has 0 spiro atoms. The third kappa shape index (κ3) is 4.33. The fourth-order valence-corrected chi connectivity index (χ4v) is 2.61. The number of fused-ring (bicyclic) bond motifs is 1. The Morgan fingerprint density at radius 3 is 3.05 bits per heavy atom. The van der Waals surface area contributed by atoms with Crippen molar-refractivity contribution in [3.63, 3.8) is 0 Å². The lowest BCUT2D eigenvalue weighted by Crippen LogP contribution is -2.27. The molecule has 0 saturated heterocycles. The van der Waals surface area contributed by atoms with Gasteiger partial charge in [0, 0.05) is 12.6 Å². The van der Waals surface area contributed by atoms with Crippen LogP contribution in [0.3, 0.4) is 0 Å². The first-order chi connectivity index (χ1) is 9.27. The van der Waals surface area contributed by atoms with Gasteiger partial charge in [-0.3, -0.25) is 4.79 Å². The summed E-state index contributed by atoms with van der Waals surface area (Å²) < 4.78 is 5.17. The molecule has 0 fully saturated rings. The minimum atomic E-state index is -0.417. The molecule has 0 aliphatic heterocycles. The van der Waals surface area contributed by atoms with E-state index in [9.17, 15) is 4.79 Å². The van der Waals surface area contributed by atoms with E-state index in [0.29, 0.717) is 12.6 Å². The standard InChI is InChI=1S/C15H22N2O2/c16-15(18)11-19-10-9-17-14-8-4-2-6-12-5-1-3-7-13(12)14/h1,3,5,7,14,17H,2,4,6,8-11H2,(H2,16,18). The highest BCUT2D eigenvalue weighted by Gasteiger charge is 2.17. The molecule has 1 aliphatic rings. The maximum Gasteiger partial charge on any atom is 0.243 e. The average molecular weight is 262 g/mol. The van der Waals surface area contributed by atoms with Crippen LogP contribution in [0.2, 0.25) is 0 Å². The molecule has 2 rings (SSSR count). The van der Waals surface area contributed by atoms with Crippen molar-refractivity contribution < 1.29 is 9.53 Å². The number of benzene rings is 1. The van der Waals surface area contributed by atoms with Crippen LogP contribution in [0.5, 0.6) is 0 Å². The highest BCUT2D eigenvalue weighted by molar-refractivity contribution is 5.74. The number of carbonyl (C=O) groups is 1. The van der Waals surface area contributed by atoms with Gasteiger partial charge in [-0.15, -0.1) is 0 Å². The summed E-state index contributed by atoms with van der Waals surface area (Å²) in [5, 5.41) is 3.51. The molecular formula is C15H22N2O2. The second-order valence-corrected chi connectivity index (χ2v) is 4.97. The van der Waals surface area contributed by atoms with Crippen molar-refractivity contribution in [1.29, 1.82) is 0 Å². The summed E-state index contributed by atoms with van der Waals surface area (Å²) in [6.07, 6.45) is 4.83. The van der Waals surface area contributed by atoms with E-state index < -0.39 is 5.91 Å². The third-order valence-corrected chi connectivity index (χ3v) is 3.50. The number of primary amides is 1. The Hall–Kier alpha value is -1.39. The Balaban J connectivity index is 1.84. The molecule has 4 nitrogen and oxygen atoms in total. The zero-order chi connectivity index (χ0) is 13.5. The lowest BCUT2D eigenvalue weighted by molar-refractivity contribution is -0.122. The Kier molecular flexibility index (Phi) is 5.36. The Morgan fingerprint density at radius 2 is 2.21 bits per heavy atom. The molecule has 0 heterocycles. The molecule has 0 saturated carbocycles. The van der Waals surface area contributed by atoms with Gasteiger partial charge in [-0.2, -0.15) is 0 Å². The number of aryl methyl sites for hydroxylation is 1. The maximum atomic E-state index is 10.6. The molecule has 1 atom stereocenters. The van der Waals surface area contributed by atoms with Crippen molar-refractivity contribution >= 4 is 5.91 Å². The highest BCUT2D eigenvalue weighted by Crippen LogP contribution is 2.28. The lowest BCUT2D eigenvalue weighted by Gasteiger charge is -2.19. The molecule has 1 unspecified atom stereocenters. The van der Waals surface area contributed by atoms with Gasteiger partial charge in [0.1, 0.15) is 6.61 Å². The molecule has 1 aromatic rings. The number of ether oxygens (including phenoxy) is 1. The van der Waals surface area contributed by atoms with Gasteiger partial charge in [0.05, 0.1) is 6.61 Å². The van der Waals surface area contributed by atoms with Crippen molar-refractivity contribution in [2.75, 3.05) is 19.8 Å². The van der Waals surface area contributed by atoms with Crippen molar-refractivity contribution in [3.8, 4) is 0 Å². The predicted molar refractivity (Wildman–Crippen MR) is 74.8 cm³/mol. The van der Waals surface area contributed by atoms with Gasteiger partial charge in [-0.05, 0) is 30.4 Å². The lowest BCUT2D eigenvalue weighted by atomic mass is 9.99. The quantitative estimate of drug-likeness (QED) is 0.604. The van der Waals surface area contributed by atoms with Crippen LogP contribution < -0.4 is 11.1 Å². The van der Waals surface area contributed by atoms with E-state index in [1.54, 1.807) is 0 Å². The molecule has 4 heteroatoms. The molecule has 1 amide bonds. The Labute approximate surface area is 114 Å². The van der Waals surface area contributed by atoms with Crippen molar-refractivity contribution in [2.24, 2.45) is 5.73 Å². The number of rotatable bonds is 6. The fraction of sp³-hybridized carbons (Fsp3) is 0.533. The molecule has 19 heavy (non-hydrogen) atoms. The summed E-state index contributed by atoms with van der Waals surface area (Å²) in [5.41, 5.74) is 7.88. The van der Waals surface area contributed by atoms with Gasteiger partial charge < -0.3 is 15.8 Å². The van der Waals surface area contributed by atoms with Crippen molar-refractivity contribution in [2.45, 2.75) is 31.7 Å². The number of nitrogens with one attached hydrogen (secondary N) is 1. The van der Waals surface area contributed by atoms with Crippen LogP contribution in [0.25, 0.3) is 0 Å². The summed E-state index contributed by atoms with van der Waals surface area (Å²) in [4.78, 5) is 10.6. The SMILES string of the molecule is NC(=O)COCCNC1CCCCc2ccccc21. The van der Waals surface area contributed by atoms with Crippen LogP contribution in [-0.2, 0) is 16.0 Å². The van der Waals surface area contributed by atoms with Gasteiger partial charge in [0.2, 0.25) is 5.91 Å². The van der Waals surface area contributed by atoms with E-state index >= 15 is 0 Å². The Morgan fingerprint density at radius 1 is 1.37 bits per heavy atom. The smallest absolute Gasteiger partial charge is 0.243 e. The average Bonchev–Trinajstić information content (AvgIpc) is 2.61. The minimum Gasteiger partial charge on any atom is -0.370 e. The van der Waals surface area contributed by atoms with Crippen molar-refractivity contribution in [1.82, 2.24) is 5.32 Å². The first-order valence-corrected chi connectivity index (χ1v) is 6.94. The van der Waals surface area contributed by atoms with E-state index in [0.717, 1.165) is 13.0 Å². The highest BCUT2D eigenvalue weighted by atomic mass is 16.5. The van der Waals surface area contributed by atoms with Crippen LogP contribution in [0.15, 0.2) is 24.3 Å². The maximum absolute atomic E-state index is 10.6. The summed E-state index contributed by atoms with van der Waals surface area (Å²) in [7, 11) is 0. The normalized spacial score (nSPS) is 18.6. The van der Waals surface area contributed by atoms with E-state index in [1.807, 2.05) is 0 Å². The van der Waals surface area contributed by atoms with E-state index in [1.165, 1.54) is 30.4 Å². The predicted octanol–water partition coefficient (Wildman–Crippen LogP) is 1.55. The summed E-state index contributed by atoms with van der Waals surface area (Å²) >= 11 is 0. The summed E-state index contributed by atoms with van der Waals surface area (Å²) in [6, 6.07) is 9.04. The van der Waals surface area contributed by atoms with Gasteiger partial charge in [0.25, 0.3) is 0 Å². The van der Waals surface area contributed by atoms with Gasteiger partial charge in [-0.25, -0.2) is 0 Å².